The molecular weight excluding hydrogens is 376 g/mol. The van der Waals surface area contributed by atoms with E-state index in [-0.39, 0.29) is 33.6 Å². The van der Waals surface area contributed by atoms with Gasteiger partial charge in [0.1, 0.15) is 0 Å². The van der Waals surface area contributed by atoms with E-state index in [9.17, 15) is 0 Å². The van der Waals surface area contributed by atoms with Gasteiger partial charge in [-0.1, -0.05) is 41.5 Å². The van der Waals surface area contributed by atoms with E-state index in [1.165, 1.54) is 0 Å². The summed E-state index contributed by atoms with van der Waals surface area (Å²) in [6.07, 6.45) is 0. The summed E-state index contributed by atoms with van der Waals surface area (Å²) < 4.78 is 0. The van der Waals surface area contributed by atoms with Gasteiger partial charge in [-0.3, -0.25) is 4.99 Å². The van der Waals surface area contributed by atoms with Crippen molar-refractivity contribution in [2.45, 2.75) is 47.0 Å². The SMILES string of the molecule is C=Nc1c(N)c(N)c(N)c2c1-c1c(N)c(N)c(N)c(N)c1C2(C(C)(C)C)C(C)(C)C. The third kappa shape index (κ3) is 2.13. The topological polar surface area (TPSA) is 194 Å². The fourth-order valence-corrected chi connectivity index (χ4v) is 5.82. The molecule has 0 aliphatic heterocycles. The lowest BCUT2D eigenvalue weighted by Gasteiger charge is -2.53. The van der Waals surface area contributed by atoms with Gasteiger partial charge in [-0.25, -0.2) is 0 Å². The molecule has 1 aliphatic carbocycles. The third-order valence-corrected chi connectivity index (χ3v) is 6.66. The number of anilines is 7. The van der Waals surface area contributed by atoms with Crippen LogP contribution in [0.4, 0.5) is 45.5 Å². The first kappa shape index (κ1) is 21.4. The monoisotopic (exact) mass is 410 g/mol. The maximum atomic E-state index is 6.67. The summed E-state index contributed by atoms with van der Waals surface area (Å²) in [5, 5.41) is 0. The summed E-state index contributed by atoms with van der Waals surface area (Å²) in [5.74, 6) is 0. The maximum Gasteiger partial charge on any atom is 0.0956 e. The van der Waals surface area contributed by atoms with Gasteiger partial charge in [-0.2, -0.15) is 0 Å². The molecule has 0 heterocycles. The van der Waals surface area contributed by atoms with Crippen LogP contribution in [0, 0.1) is 10.8 Å². The standard InChI is InChI=1S/C22H34N8/c1-20(2,3)22(21(4,5)6)10-8(12(23)15(26)16(27)13(10)24)9-11(22)14(25)17(28)18(29)19(9)30-7/h7,23-29H2,1-6H3. The molecule has 0 bridgehead atoms. The van der Waals surface area contributed by atoms with E-state index in [0.717, 1.165) is 11.1 Å². The Morgan fingerprint density at radius 1 is 0.567 bits per heavy atom. The predicted octanol–water partition coefficient (Wildman–Crippen LogP) is 3.45. The molecule has 0 spiro atoms. The minimum absolute atomic E-state index is 0.222. The van der Waals surface area contributed by atoms with Crippen LogP contribution in [0.2, 0.25) is 0 Å². The van der Waals surface area contributed by atoms with Gasteiger partial charge in [-0.05, 0) is 28.7 Å². The lowest BCUT2D eigenvalue weighted by molar-refractivity contribution is 0.0964. The Morgan fingerprint density at radius 2 is 0.933 bits per heavy atom. The number of hydrogen-bond donors (Lipinski definition) is 7. The second kappa shape index (κ2) is 5.87. The first-order valence-corrected chi connectivity index (χ1v) is 9.81. The van der Waals surface area contributed by atoms with Crippen LogP contribution >= 0.6 is 0 Å². The van der Waals surface area contributed by atoms with Gasteiger partial charge in [-0.15, -0.1) is 0 Å². The van der Waals surface area contributed by atoms with E-state index in [0.29, 0.717) is 33.9 Å². The number of benzene rings is 2. The highest BCUT2D eigenvalue weighted by Crippen LogP contribution is 2.71. The third-order valence-electron chi connectivity index (χ3n) is 6.66. The molecule has 8 nitrogen and oxygen atoms in total. The van der Waals surface area contributed by atoms with Gasteiger partial charge in [0.05, 0.1) is 45.5 Å². The van der Waals surface area contributed by atoms with Crippen molar-refractivity contribution in [1.29, 1.82) is 0 Å². The number of nitrogens with two attached hydrogens (primary N) is 7. The van der Waals surface area contributed by atoms with Crippen molar-refractivity contribution in [3.63, 3.8) is 0 Å². The van der Waals surface area contributed by atoms with Crippen molar-refractivity contribution < 1.29 is 0 Å². The Balaban J connectivity index is 2.86. The first-order valence-electron chi connectivity index (χ1n) is 9.81. The Hall–Kier alpha value is -3.29. The lowest BCUT2D eigenvalue weighted by atomic mass is 9.49. The molecule has 2 aromatic rings. The molecule has 0 radical (unpaired) electrons. The Morgan fingerprint density at radius 3 is 1.33 bits per heavy atom. The van der Waals surface area contributed by atoms with Crippen molar-refractivity contribution in [2.24, 2.45) is 15.8 Å². The van der Waals surface area contributed by atoms with E-state index < -0.39 is 5.41 Å². The minimum Gasteiger partial charge on any atom is -0.397 e. The van der Waals surface area contributed by atoms with Crippen LogP contribution in [0.5, 0.6) is 0 Å². The van der Waals surface area contributed by atoms with Crippen LogP contribution < -0.4 is 40.1 Å². The van der Waals surface area contributed by atoms with Gasteiger partial charge in [0.15, 0.2) is 0 Å². The summed E-state index contributed by atoms with van der Waals surface area (Å²) in [4.78, 5) is 4.22. The van der Waals surface area contributed by atoms with Crippen LogP contribution in [0.1, 0.15) is 52.7 Å². The van der Waals surface area contributed by atoms with Crippen LogP contribution in [0.25, 0.3) is 11.1 Å². The second-order valence-electron chi connectivity index (χ2n) is 10.2. The molecular formula is C22H34N8. The molecule has 0 saturated heterocycles. The molecule has 3 rings (SSSR count). The van der Waals surface area contributed by atoms with Gasteiger partial charge in [0.25, 0.3) is 0 Å². The van der Waals surface area contributed by atoms with Crippen molar-refractivity contribution in [1.82, 2.24) is 0 Å². The van der Waals surface area contributed by atoms with Crippen molar-refractivity contribution in [3.05, 3.63) is 11.1 Å². The molecule has 0 saturated carbocycles. The lowest BCUT2D eigenvalue weighted by Crippen LogP contribution is -2.50. The summed E-state index contributed by atoms with van der Waals surface area (Å²) in [7, 11) is 0. The number of nitrogen functional groups attached to an aromatic ring is 7. The van der Waals surface area contributed by atoms with Crippen molar-refractivity contribution >= 4 is 52.2 Å². The zero-order valence-corrected chi connectivity index (χ0v) is 18.7. The highest BCUT2D eigenvalue weighted by Gasteiger charge is 2.61. The normalized spacial score (nSPS) is 15.0. The molecule has 162 valence electrons. The summed E-state index contributed by atoms with van der Waals surface area (Å²) in [5.41, 5.74) is 49.0. The van der Waals surface area contributed by atoms with Gasteiger partial charge >= 0.3 is 0 Å². The Labute approximate surface area is 177 Å². The van der Waals surface area contributed by atoms with Gasteiger partial charge < -0.3 is 40.1 Å². The molecule has 1 aliphatic rings. The zero-order valence-electron chi connectivity index (χ0n) is 18.7. The van der Waals surface area contributed by atoms with Crippen LogP contribution in [-0.2, 0) is 5.41 Å². The highest BCUT2D eigenvalue weighted by molar-refractivity contribution is 6.12. The average Bonchev–Trinajstić information content (AvgIpc) is 2.96. The predicted molar refractivity (Wildman–Crippen MR) is 132 cm³/mol. The smallest absolute Gasteiger partial charge is 0.0956 e. The fraction of sp³-hybridized carbons (Fsp3) is 0.409. The van der Waals surface area contributed by atoms with Crippen molar-refractivity contribution in [3.8, 4) is 11.1 Å². The number of fused-ring (bicyclic) bond motifs is 3. The molecule has 14 N–H and O–H groups in total. The van der Waals surface area contributed by atoms with Crippen LogP contribution in [-0.4, -0.2) is 6.72 Å². The number of hydrogen-bond acceptors (Lipinski definition) is 8. The average molecular weight is 411 g/mol. The molecule has 2 aromatic carbocycles. The van der Waals surface area contributed by atoms with E-state index in [2.05, 4.69) is 53.3 Å². The highest BCUT2D eigenvalue weighted by atomic mass is 14.9. The second-order valence-corrected chi connectivity index (χ2v) is 10.2. The quantitative estimate of drug-likeness (QED) is 0.276. The number of aliphatic imine (C=N–C) groups is 1. The molecule has 30 heavy (non-hydrogen) atoms. The Kier molecular flexibility index (Phi) is 4.19. The number of nitrogens with zero attached hydrogens (tertiary/aromatic N) is 1. The maximum absolute atomic E-state index is 6.67. The van der Waals surface area contributed by atoms with E-state index >= 15 is 0 Å². The van der Waals surface area contributed by atoms with Gasteiger partial charge in [0.2, 0.25) is 0 Å². The molecule has 8 heteroatoms. The van der Waals surface area contributed by atoms with E-state index in [1.54, 1.807) is 0 Å². The molecule has 0 amide bonds. The summed E-state index contributed by atoms with van der Waals surface area (Å²) in [6.45, 7) is 16.5. The van der Waals surface area contributed by atoms with E-state index in [4.69, 9.17) is 40.1 Å². The largest absolute Gasteiger partial charge is 0.397 e. The van der Waals surface area contributed by atoms with E-state index in [1.807, 2.05) is 0 Å². The number of rotatable bonds is 1. The first-order chi connectivity index (χ1) is 13.6. The molecule has 0 fully saturated rings. The van der Waals surface area contributed by atoms with Crippen molar-refractivity contribution in [2.75, 3.05) is 40.1 Å². The summed E-state index contributed by atoms with van der Waals surface area (Å²) >= 11 is 0. The fourth-order valence-electron chi connectivity index (χ4n) is 5.82. The molecule has 0 unspecified atom stereocenters. The summed E-state index contributed by atoms with van der Waals surface area (Å²) in [6, 6.07) is 0. The zero-order chi connectivity index (χ0) is 23.1. The van der Waals surface area contributed by atoms with Gasteiger partial charge in [0, 0.05) is 16.5 Å². The van der Waals surface area contributed by atoms with Crippen LogP contribution in [0.3, 0.4) is 0 Å². The Bertz CT molecular complexity index is 1090. The van der Waals surface area contributed by atoms with Crippen LogP contribution in [0.15, 0.2) is 4.99 Å². The molecule has 0 aromatic heterocycles. The molecule has 0 atom stereocenters. The minimum atomic E-state index is -0.726.